The minimum absolute atomic E-state index is 0.124. The third-order valence-electron chi connectivity index (χ3n) is 4.66. The summed E-state index contributed by atoms with van der Waals surface area (Å²) in [5.41, 5.74) is 0. The van der Waals surface area contributed by atoms with Crippen molar-refractivity contribution in [3.63, 3.8) is 0 Å². The first-order valence-electron chi connectivity index (χ1n) is 12.7. The zero-order valence-corrected chi connectivity index (χ0v) is 25.7. The van der Waals surface area contributed by atoms with Crippen molar-refractivity contribution in [2.75, 3.05) is 77.8 Å². The molecular formula is C21H48NO12P3. The highest BCUT2D eigenvalue weighted by atomic mass is 31.2. The van der Waals surface area contributed by atoms with E-state index in [1.54, 1.807) is 41.5 Å². The average molecular weight is 600 g/mol. The lowest BCUT2D eigenvalue weighted by atomic mass is 10.2. The highest BCUT2D eigenvalue weighted by Crippen LogP contribution is 2.50. The van der Waals surface area contributed by atoms with Gasteiger partial charge in [0.1, 0.15) is 0 Å². The van der Waals surface area contributed by atoms with Gasteiger partial charge in [0.15, 0.2) is 0 Å². The van der Waals surface area contributed by atoms with Gasteiger partial charge in [-0.3, -0.25) is 18.6 Å². The average Bonchev–Trinajstić information content (AvgIpc) is 2.73. The second-order valence-electron chi connectivity index (χ2n) is 8.07. The summed E-state index contributed by atoms with van der Waals surface area (Å²) < 4.78 is 70.0. The quantitative estimate of drug-likeness (QED) is 0.138. The highest BCUT2D eigenvalue weighted by Gasteiger charge is 2.34. The third kappa shape index (κ3) is 16.2. The van der Waals surface area contributed by atoms with Gasteiger partial charge in [0.25, 0.3) is 0 Å². The highest BCUT2D eigenvalue weighted by molar-refractivity contribution is 7.54. The number of aliphatic hydroxyl groups is 3. The smallest absolute Gasteiger partial charge is 0.333 e. The molecule has 0 rings (SSSR count). The molecule has 0 aromatic carbocycles. The van der Waals surface area contributed by atoms with Gasteiger partial charge in [-0.1, -0.05) is 0 Å². The lowest BCUT2D eigenvalue weighted by Crippen LogP contribution is -2.44. The molecule has 0 heterocycles. The van der Waals surface area contributed by atoms with Crippen LogP contribution in [0.15, 0.2) is 0 Å². The van der Waals surface area contributed by atoms with E-state index in [0.717, 1.165) is 0 Å². The molecule has 0 aliphatic carbocycles. The van der Waals surface area contributed by atoms with Crippen LogP contribution in [0.25, 0.3) is 0 Å². The SMILES string of the molecule is CCOP(=O)(C[C@@H](O)CN(C[C@H](O)CP(=O)(OCC)OCC)C[C@H](O)CP(=O)(OCC)OCC)OCC. The molecule has 0 saturated heterocycles. The first-order valence-corrected chi connectivity index (χ1v) is 17.9. The first-order chi connectivity index (χ1) is 17.3. The summed E-state index contributed by atoms with van der Waals surface area (Å²) in [5.74, 6) is 0. The van der Waals surface area contributed by atoms with Gasteiger partial charge in [-0.05, 0) is 41.5 Å². The molecule has 16 heteroatoms. The van der Waals surface area contributed by atoms with Crippen LogP contribution < -0.4 is 0 Å². The van der Waals surface area contributed by atoms with Crippen molar-refractivity contribution in [1.29, 1.82) is 0 Å². The van der Waals surface area contributed by atoms with E-state index in [9.17, 15) is 29.0 Å². The molecule has 0 spiro atoms. The Bertz CT molecular complexity index is 618. The molecule has 0 fully saturated rings. The predicted octanol–water partition coefficient (Wildman–Crippen LogP) is 3.17. The van der Waals surface area contributed by atoms with Gasteiger partial charge < -0.3 is 42.5 Å². The second-order valence-corrected chi connectivity index (χ2v) is 14.4. The number of hydrogen-bond donors (Lipinski definition) is 3. The van der Waals surface area contributed by atoms with Crippen molar-refractivity contribution in [2.24, 2.45) is 0 Å². The van der Waals surface area contributed by atoms with Crippen molar-refractivity contribution in [2.45, 2.75) is 59.9 Å². The topological polar surface area (TPSA) is 171 Å². The third-order valence-corrected chi connectivity index (χ3v) is 11.2. The first kappa shape index (κ1) is 37.3. The lowest BCUT2D eigenvalue weighted by molar-refractivity contribution is 0.0495. The van der Waals surface area contributed by atoms with Gasteiger partial charge >= 0.3 is 22.8 Å². The molecule has 0 radical (unpaired) electrons. The minimum Gasteiger partial charge on any atom is -0.391 e. The monoisotopic (exact) mass is 599 g/mol. The molecule has 0 amide bonds. The fourth-order valence-corrected chi connectivity index (χ4v) is 8.79. The zero-order chi connectivity index (χ0) is 28.5. The minimum atomic E-state index is -3.57. The van der Waals surface area contributed by atoms with E-state index in [2.05, 4.69) is 0 Å². The van der Waals surface area contributed by atoms with Crippen molar-refractivity contribution in [3.8, 4) is 0 Å². The van der Waals surface area contributed by atoms with Crippen molar-refractivity contribution >= 4 is 22.8 Å². The molecule has 224 valence electrons. The predicted molar refractivity (Wildman–Crippen MR) is 142 cm³/mol. The Hall–Kier alpha value is 0.290. The van der Waals surface area contributed by atoms with Gasteiger partial charge in [-0.25, -0.2) is 0 Å². The largest absolute Gasteiger partial charge is 0.391 e. The van der Waals surface area contributed by atoms with Gasteiger partial charge in [0.05, 0.1) is 76.4 Å². The summed E-state index contributed by atoms with van der Waals surface area (Å²) in [4.78, 5) is 1.48. The Kier molecular flexibility index (Phi) is 19.5. The van der Waals surface area contributed by atoms with E-state index in [4.69, 9.17) is 27.1 Å². The van der Waals surface area contributed by atoms with E-state index in [1.165, 1.54) is 4.90 Å². The fourth-order valence-electron chi connectivity index (χ4n) is 3.67. The fraction of sp³-hybridized carbons (Fsp3) is 1.00. The summed E-state index contributed by atoms with van der Waals surface area (Å²) in [6.07, 6.45) is -4.61. The summed E-state index contributed by atoms with van der Waals surface area (Å²) in [6.45, 7) is 10.2. The molecule has 0 aliphatic heterocycles. The van der Waals surface area contributed by atoms with Crippen molar-refractivity contribution in [3.05, 3.63) is 0 Å². The molecule has 0 aliphatic rings. The van der Waals surface area contributed by atoms with Crippen LogP contribution in [0.3, 0.4) is 0 Å². The van der Waals surface area contributed by atoms with E-state index in [0.29, 0.717) is 0 Å². The summed E-state index contributed by atoms with van der Waals surface area (Å²) in [5, 5.41) is 32.1. The standard InChI is InChI=1S/C21H48NO12P3/c1-7-29-35(26,30-8-2)16-19(23)13-22(14-20(24)17-36(27,31-9-3)32-10-4)15-21(25)18-37(28,33-11-5)34-12-6/h19-21,23-25H,7-18H2,1-6H3/t19-,20-,21-/m0/s1. The molecule has 3 atom stereocenters. The Morgan fingerprint density at radius 3 is 0.838 bits per heavy atom. The maximum Gasteiger partial charge on any atom is 0.333 e. The number of nitrogens with zero attached hydrogens (tertiary/aromatic N) is 1. The van der Waals surface area contributed by atoms with Crippen LogP contribution in [0.2, 0.25) is 0 Å². The molecule has 0 unspecified atom stereocenters. The van der Waals surface area contributed by atoms with E-state index < -0.39 is 41.1 Å². The van der Waals surface area contributed by atoms with Crippen LogP contribution in [-0.4, -0.2) is 116 Å². The Balaban J connectivity index is 5.64. The molecule has 37 heavy (non-hydrogen) atoms. The van der Waals surface area contributed by atoms with Crippen LogP contribution >= 0.6 is 22.8 Å². The lowest BCUT2D eigenvalue weighted by Gasteiger charge is -2.31. The Morgan fingerprint density at radius 1 is 0.486 bits per heavy atom. The number of hydrogen-bond acceptors (Lipinski definition) is 13. The summed E-state index contributed by atoms with van der Waals surface area (Å²) in [7, 11) is -10.7. The van der Waals surface area contributed by atoms with Gasteiger partial charge in [-0.15, -0.1) is 0 Å². The van der Waals surface area contributed by atoms with Gasteiger partial charge in [0, 0.05) is 19.6 Å². The van der Waals surface area contributed by atoms with Crippen molar-refractivity contribution < 1.29 is 56.2 Å². The molecule has 0 bridgehead atoms. The maximum absolute atomic E-state index is 12.9. The molecular weight excluding hydrogens is 551 g/mol. The molecule has 0 aromatic rings. The Labute approximate surface area is 221 Å². The molecule has 0 aromatic heterocycles. The van der Waals surface area contributed by atoms with Gasteiger partial charge in [0.2, 0.25) is 0 Å². The summed E-state index contributed by atoms with van der Waals surface area (Å²) in [6, 6.07) is 0. The maximum atomic E-state index is 12.9. The normalized spacial score (nSPS) is 15.7. The number of rotatable bonds is 24. The van der Waals surface area contributed by atoms with Crippen LogP contribution in [0.1, 0.15) is 41.5 Å². The van der Waals surface area contributed by atoms with Gasteiger partial charge in [-0.2, -0.15) is 0 Å². The Morgan fingerprint density at radius 2 is 0.676 bits per heavy atom. The molecule has 3 N–H and O–H groups in total. The molecule has 0 saturated carbocycles. The molecule has 13 nitrogen and oxygen atoms in total. The summed E-state index contributed by atoms with van der Waals surface area (Å²) >= 11 is 0. The van der Waals surface area contributed by atoms with E-state index >= 15 is 0 Å². The zero-order valence-electron chi connectivity index (χ0n) is 23.0. The second kappa shape index (κ2) is 19.4. The number of aliphatic hydroxyl groups excluding tert-OH is 3. The van der Waals surface area contributed by atoms with Crippen molar-refractivity contribution in [1.82, 2.24) is 4.90 Å². The van der Waals surface area contributed by atoms with Crippen LogP contribution in [-0.2, 0) is 40.8 Å². The van der Waals surface area contributed by atoms with E-state index in [1.807, 2.05) is 0 Å². The van der Waals surface area contributed by atoms with E-state index in [-0.39, 0.29) is 77.8 Å². The van der Waals surface area contributed by atoms with Crippen LogP contribution in [0, 0.1) is 0 Å². The van der Waals surface area contributed by atoms with Crippen LogP contribution in [0.5, 0.6) is 0 Å². The van der Waals surface area contributed by atoms with Crippen LogP contribution in [0.4, 0.5) is 0 Å².